The number of anilines is 1. The Kier molecular flexibility index (Phi) is 9.58. The number of rotatable bonds is 8. The zero-order chi connectivity index (χ0) is 27.1. The molecule has 9 heteroatoms. The normalized spacial score (nSPS) is 21.2. The molecule has 9 nitrogen and oxygen atoms in total. The van der Waals surface area contributed by atoms with E-state index in [4.69, 9.17) is 4.74 Å². The third kappa shape index (κ3) is 7.02. The standard InChI is InChI=1S/C29H41N5O4/c1-20-16-34(21(2)19-35)28(36)24-10-7-11-25(32-29(37)31-23-8-5-4-6-9-23)27(24)38-26(20)18-33(3)17-22-12-14-30-15-13-22/h7,10-15,20-21,23,26,35H,4-6,8-9,16-19H2,1-3H3,(H2,31,32,37)/t20-,21-,26+/m1/s1. The molecule has 1 fully saturated rings. The summed E-state index contributed by atoms with van der Waals surface area (Å²) in [6.07, 6.45) is 8.71. The molecule has 206 valence electrons. The number of aliphatic hydroxyl groups is 1. The van der Waals surface area contributed by atoms with E-state index in [0.717, 1.165) is 37.8 Å². The molecule has 0 saturated heterocycles. The maximum absolute atomic E-state index is 13.7. The van der Waals surface area contributed by atoms with Crippen molar-refractivity contribution in [2.24, 2.45) is 5.92 Å². The lowest BCUT2D eigenvalue weighted by Crippen LogP contribution is -2.50. The highest BCUT2D eigenvalue weighted by atomic mass is 16.5. The van der Waals surface area contributed by atoms with E-state index < -0.39 is 0 Å². The predicted molar refractivity (Wildman–Crippen MR) is 147 cm³/mol. The van der Waals surface area contributed by atoms with Gasteiger partial charge in [-0.2, -0.15) is 0 Å². The number of fused-ring (bicyclic) bond motifs is 1. The van der Waals surface area contributed by atoms with E-state index in [1.807, 2.05) is 26.1 Å². The minimum Gasteiger partial charge on any atom is -0.486 e. The summed E-state index contributed by atoms with van der Waals surface area (Å²) in [4.78, 5) is 34.6. The van der Waals surface area contributed by atoms with E-state index in [-0.39, 0.29) is 42.7 Å². The van der Waals surface area contributed by atoms with E-state index in [2.05, 4.69) is 27.4 Å². The molecule has 1 saturated carbocycles. The van der Waals surface area contributed by atoms with E-state index in [1.54, 1.807) is 35.5 Å². The maximum Gasteiger partial charge on any atom is 0.319 e. The zero-order valence-corrected chi connectivity index (χ0v) is 22.7. The largest absolute Gasteiger partial charge is 0.486 e. The second kappa shape index (κ2) is 13.1. The number of nitrogens with one attached hydrogen (secondary N) is 2. The number of pyridine rings is 1. The molecule has 1 aromatic carbocycles. The first-order valence-corrected chi connectivity index (χ1v) is 13.7. The summed E-state index contributed by atoms with van der Waals surface area (Å²) < 4.78 is 6.61. The van der Waals surface area contributed by atoms with Crippen molar-refractivity contribution in [3.8, 4) is 5.75 Å². The van der Waals surface area contributed by atoms with E-state index >= 15 is 0 Å². The molecule has 1 aliphatic carbocycles. The van der Waals surface area contributed by atoms with Gasteiger partial charge < -0.3 is 25.4 Å². The van der Waals surface area contributed by atoms with Gasteiger partial charge in [-0.25, -0.2) is 4.79 Å². The Hall–Kier alpha value is -3.17. The van der Waals surface area contributed by atoms with Crippen LogP contribution in [0.5, 0.6) is 5.75 Å². The highest BCUT2D eigenvalue weighted by molar-refractivity contribution is 6.01. The van der Waals surface area contributed by atoms with Gasteiger partial charge in [-0.15, -0.1) is 0 Å². The molecule has 3 amide bonds. The molecule has 4 rings (SSSR count). The van der Waals surface area contributed by atoms with Gasteiger partial charge in [0, 0.05) is 44.0 Å². The smallest absolute Gasteiger partial charge is 0.319 e. The summed E-state index contributed by atoms with van der Waals surface area (Å²) in [6, 6.07) is 8.76. The summed E-state index contributed by atoms with van der Waals surface area (Å²) in [5.41, 5.74) is 2.00. The Labute approximate surface area is 225 Å². The van der Waals surface area contributed by atoms with Crippen LogP contribution in [0.25, 0.3) is 0 Å². The summed E-state index contributed by atoms with van der Waals surface area (Å²) in [7, 11) is 2.04. The monoisotopic (exact) mass is 523 g/mol. The first-order chi connectivity index (χ1) is 18.4. The van der Waals surface area contributed by atoms with Gasteiger partial charge in [-0.1, -0.05) is 32.3 Å². The summed E-state index contributed by atoms with van der Waals surface area (Å²) in [6.45, 7) is 5.56. The average molecular weight is 524 g/mol. The number of carbonyl (C=O) groups is 2. The second-order valence-electron chi connectivity index (χ2n) is 10.8. The van der Waals surface area contributed by atoms with Gasteiger partial charge in [0.2, 0.25) is 0 Å². The number of carbonyl (C=O) groups excluding carboxylic acids is 2. The van der Waals surface area contributed by atoms with Gasteiger partial charge in [-0.3, -0.25) is 14.7 Å². The van der Waals surface area contributed by atoms with Gasteiger partial charge in [0.05, 0.1) is 23.9 Å². The summed E-state index contributed by atoms with van der Waals surface area (Å²) in [5, 5.41) is 15.9. The van der Waals surface area contributed by atoms with Crippen molar-refractivity contribution in [2.75, 3.05) is 32.1 Å². The molecule has 0 bridgehead atoms. The maximum atomic E-state index is 13.7. The van der Waals surface area contributed by atoms with Crippen LogP contribution in [0.4, 0.5) is 10.5 Å². The molecule has 2 aromatic rings. The molecule has 0 spiro atoms. The number of aromatic nitrogens is 1. The molecular formula is C29H41N5O4. The molecule has 3 atom stereocenters. The van der Waals surface area contributed by atoms with Gasteiger partial charge in [0.15, 0.2) is 5.75 Å². The average Bonchev–Trinajstić information content (AvgIpc) is 2.91. The molecule has 2 heterocycles. The highest BCUT2D eigenvalue weighted by Gasteiger charge is 2.34. The topological polar surface area (TPSA) is 107 Å². The van der Waals surface area contributed by atoms with Crippen LogP contribution < -0.4 is 15.4 Å². The number of benzene rings is 1. The number of hydrogen-bond donors (Lipinski definition) is 3. The molecule has 1 aliphatic heterocycles. The first-order valence-electron chi connectivity index (χ1n) is 13.7. The van der Waals surface area contributed by atoms with Crippen molar-refractivity contribution >= 4 is 17.6 Å². The molecule has 0 unspecified atom stereocenters. The number of aliphatic hydroxyl groups excluding tert-OH is 1. The number of ether oxygens (including phenoxy) is 1. The van der Waals surface area contributed by atoms with E-state index in [9.17, 15) is 14.7 Å². The third-order valence-electron chi connectivity index (χ3n) is 7.57. The van der Waals surface area contributed by atoms with Crippen LogP contribution in [0.2, 0.25) is 0 Å². The fraction of sp³-hybridized carbons (Fsp3) is 0.552. The summed E-state index contributed by atoms with van der Waals surface area (Å²) >= 11 is 0. The molecule has 38 heavy (non-hydrogen) atoms. The van der Waals surface area contributed by atoms with E-state index in [1.165, 1.54) is 6.42 Å². The van der Waals surface area contributed by atoms with Gasteiger partial charge in [0.1, 0.15) is 6.10 Å². The van der Waals surface area contributed by atoms with Gasteiger partial charge in [-0.05, 0) is 56.6 Å². The van der Waals surface area contributed by atoms with Crippen LogP contribution in [0.15, 0.2) is 42.7 Å². The van der Waals surface area contributed by atoms with Crippen LogP contribution in [0.3, 0.4) is 0 Å². The predicted octanol–water partition coefficient (Wildman–Crippen LogP) is 3.89. The Bertz CT molecular complexity index is 1080. The molecule has 1 aromatic heterocycles. The number of likely N-dealkylation sites (N-methyl/N-ethyl adjacent to an activating group) is 1. The Morgan fingerprint density at radius 3 is 2.66 bits per heavy atom. The molecule has 3 N–H and O–H groups in total. The molecular weight excluding hydrogens is 482 g/mol. The number of para-hydroxylation sites is 1. The Balaban J connectivity index is 1.60. The minimum absolute atomic E-state index is 0.0230. The lowest BCUT2D eigenvalue weighted by atomic mass is 9.96. The van der Waals surface area contributed by atoms with Crippen molar-refractivity contribution in [1.82, 2.24) is 20.1 Å². The fourth-order valence-electron chi connectivity index (χ4n) is 5.32. The number of hydrogen-bond acceptors (Lipinski definition) is 6. The minimum atomic E-state index is -0.350. The van der Waals surface area contributed by atoms with Crippen molar-refractivity contribution in [1.29, 1.82) is 0 Å². The van der Waals surface area contributed by atoms with Crippen molar-refractivity contribution in [2.45, 2.75) is 70.7 Å². The van der Waals surface area contributed by atoms with Crippen LogP contribution >= 0.6 is 0 Å². The van der Waals surface area contributed by atoms with Crippen molar-refractivity contribution in [3.05, 3.63) is 53.9 Å². The van der Waals surface area contributed by atoms with Crippen molar-refractivity contribution < 1.29 is 19.4 Å². The molecule has 2 aliphatic rings. The van der Waals surface area contributed by atoms with Crippen LogP contribution in [-0.4, -0.2) is 76.8 Å². The van der Waals surface area contributed by atoms with Gasteiger partial charge >= 0.3 is 6.03 Å². The van der Waals surface area contributed by atoms with Crippen LogP contribution in [0, 0.1) is 5.92 Å². The second-order valence-corrected chi connectivity index (χ2v) is 10.8. The number of nitrogens with zero attached hydrogens (tertiary/aromatic N) is 3. The molecule has 0 radical (unpaired) electrons. The first kappa shape index (κ1) is 27.9. The lowest BCUT2D eigenvalue weighted by Gasteiger charge is -2.38. The van der Waals surface area contributed by atoms with Gasteiger partial charge in [0.25, 0.3) is 5.91 Å². The fourth-order valence-corrected chi connectivity index (χ4v) is 5.32. The van der Waals surface area contributed by atoms with Crippen molar-refractivity contribution in [3.63, 3.8) is 0 Å². The van der Waals surface area contributed by atoms with E-state index in [0.29, 0.717) is 30.1 Å². The number of amides is 3. The Morgan fingerprint density at radius 2 is 1.95 bits per heavy atom. The highest BCUT2D eigenvalue weighted by Crippen LogP contribution is 2.35. The van der Waals surface area contributed by atoms with Crippen LogP contribution in [-0.2, 0) is 6.54 Å². The number of urea groups is 1. The zero-order valence-electron chi connectivity index (χ0n) is 22.7. The quantitative estimate of drug-likeness (QED) is 0.485. The third-order valence-corrected chi connectivity index (χ3v) is 7.57. The van der Waals surface area contributed by atoms with Crippen LogP contribution in [0.1, 0.15) is 61.9 Å². The SMILES string of the molecule is C[C@@H]1CN([C@H](C)CO)C(=O)c2cccc(NC(=O)NC3CCCCC3)c2O[C@H]1CN(C)Cc1ccncc1. The summed E-state index contributed by atoms with van der Waals surface area (Å²) in [5.74, 6) is 0.138. The lowest BCUT2D eigenvalue weighted by molar-refractivity contribution is 0.0343. The Morgan fingerprint density at radius 1 is 1.21 bits per heavy atom.